The highest BCUT2D eigenvalue weighted by atomic mass is 32.1. The Morgan fingerprint density at radius 2 is 1.90 bits per heavy atom. The van der Waals surface area contributed by atoms with Crippen LogP contribution in [0.5, 0.6) is 0 Å². The van der Waals surface area contributed by atoms with Crippen LogP contribution in [-0.2, 0) is 11.3 Å². The van der Waals surface area contributed by atoms with E-state index in [2.05, 4.69) is 20.6 Å². The van der Waals surface area contributed by atoms with E-state index in [1.165, 1.54) is 6.42 Å². The van der Waals surface area contributed by atoms with Gasteiger partial charge in [0.25, 0.3) is 5.91 Å². The van der Waals surface area contributed by atoms with Gasteiger partial charge in [0.1, 0.15) is 0 Å². The SMILES string of the molecule is Cc1nc(CN2CCN(C(=O)c3cccc(NC(=O)C4CCCCC4)c3)CC2)cs1. The minimum atomic E-state index is 0.0351. The van der Waals surface area contributed by atoms with Crippen LogP contribution >= 0.6 is 11.3 Å². The molecule has 4 rings (SSSR count). The molecule has 1 aliphatic carbocycles. The maximum Gasteiger partial charge on any atom is 0.254 e. The lowest BCUT2D eigenvalue weighted by Crippen LogP contribution is -2.48. The van der Waals surface area contributed by atoms with Gasteiger partial charge < -0.3 is 10.2 Å². The molecule has 160 valence electrons. The van der Waals surface area contributed by atoms with Crippen LogP contribution in [0.2, 0.25) is 0 Å². The third kappa shape index (κ3) is 5.26. The summed E-state index contributed by atoms with van der Waals surface area (Å²) in [7, 11) is 0. The van der Waals surface area contributed by atoms with E-state index < -0.39 is 0 Å². The van der Waals surface area contributed by atoms with Crippen LogP contribution in [0.25, 0.3) is 0 Å². The number of hydrogen-bond acceptors (Lipinski definition) is 5. The van der Waals surface area contributed by atoms with E-state index in [0.717, 1.165) is 56.0 Å². The first-order valence-electron chi connectivity index (χ1n) is 10.9. The average Bonchev–Trinajstić information content (AvgIpc) is 3.19. The summed E-state index contributed by atoms with van der Waals surface area (Å²) in [6.45, 7) is 5.98. The van der Waals surface area contributed by atoms with E-state index in [9.17, 15) is 9.59 Å². The Kier molecular flexibility index (Phi) is 6.79. The van der Waals surface area contributed by atoms with Gasteiger partial charge in [0.15, 0.2) is 0 Å². The predicted molar refractivity (Wildman–Crippen MR) is 120 cm³/mol. The minimum Gasteiger partial charge on any atom is -0.336 e. The van der Waals surface area contributed by atoms with E-state index in [-0.39, 0.29) is 17.7 Å². The van der Waals surface area contributed by atoms with Crippen molar-refractivity contribution in [1.29, 1.82) is 0 Å². The second-order valence-electron chi connectivity index (χ2n) is 8.33. The van der Waals surface area contributed by atoms with Crippen LogP contribution in [0.1, 0.15) is 53.2 Å². The van der Waals surface area contributed by atoms with Gasteiger partial charge in [-0.25, -0.2) is 4.98 Å². The molecule has 0 spiro atoms. The summed E-state index contributed by atoms with van der Waals surface area (Å²) in [6, 6.07) is 7.37. The molecular weight excluding hydrogens is 396 g/mol. The van der Waals surface area contributed by atoms with Crippen molar-refractivity contribution in [2.75, 3.05) is 31.5 Å². The van der Waals surface area contributed by atoms with Gasteiger partial charge in [-0.1, -0.05) is 25.3 Å². The molecular formula is C23H30N4O2S. The van der Waals surface area contributed by atoms with Crippen molar-refractivity contribution in [3.05, 3.63) is 45.9 Å². The van der Waals surface area contributed by atoms with Crippen molar-refractivity contribution in [2.45, 2.75) is 45.6 Å². The first-order chi connectivity index (χ1) is 14.6. The summed E-state index contributed by atoms with van der Waals surface area (Å²) in [5, 5.41) is 6.23. The molecule has 2 aliphatic rings. The number of amides is 2. The molecule has 1 aromatic carbocycles. The summed E-state index contributed by atoms with van der Waals surface area (Å²) in [6.07, 6.45) is 5.42. The van der Waals surface area contributed by atoms with Crippen molar-refractivity contribution in [3.63, 3.8) is 0 Å². The summed E-state index contributed by atoms with van der Waals surface area (Å²) in [4.78, 5) is 34.3. The fourth-order valence-electron chi connectivity index (χ4n) is 4.34. The number of aryl methyl sites for hydroxylation is 1. The molecule has 0 radical (unpaired) electrons. The summed E-state index contributed by atoms with van der Waals surface area (Å²) >= 11 is 1.68. The topological polar surface area (TPSA) is 65.5 Å². The second kappa shape index (κ2) is 9.71. The van der Waals surface area contributed by atoms with E-state index >= 15 is 0 Å². The highest BCUT2D eigenvalue weighted by Crippen LogP contribution is 2.25. The average molecular weight is 427 g/mol. The Labute approximate surface area is 182 Å². The van der Waals surface area contributed by atoms with Gasteiger partial charge >= 0.3 is 0 Å². The quantitative estimate of drug-likeness (QED) is 0.787. The number of thiazole rings is 1. The fraction of sp³-hybridized carbons (Fsp3) is 0.522. The Morgan fingerprint density at radius 3 is 2.60 bits per heavy atom. The van der Waals surface area contributed by atoms with Crippen molar-refractivity contribution in [3.8, 4) is 0 Å². The number of carbonyl (C=O) groups excluding carboxylic acids is 2. The van der Waals surface area contributed by atoms with E-state index in [0.29, 0.717) is 24.3 Å². The van der Waals surface area contributed by atoms with Crippen LogP contribution in [-0.4, -0.2) is 52.8 Å². The molecule has 2 aromatic rings. The van der Waals surface area contributed by atoms with Gasteiger partial charge in [0.05, 0.1) is 10.7 Å². The highest BCUT2D eigenvalue weighted by Gasteiger charge is 2.24. The minimum absolute atomic E-state index is 0.0351. The number of benzene rings is 1. The lowest BCUT2D eigenvalue weighted by molar-refractivity contribution is -0.120. The molecule has 0 atom stereocenters. The van der Waals surface area contributed by atoms with E-state index in [1.54, 1.807) is 11.3 Å². The van der Waals surface area contributed by atoms with Crippen molar-refractivity contribution in [1.82, 2.24) is 14.8 Å². The van der Waals surface area contributed by atoms with E-state index in [4.69, 9.17) is 0 Å². The number of hydrogen-bond donors (Lipinski definition) is 1. The van der Waals surface area contributed by atoms with Gasteiger partial charge in [-0.3, -0.25) is 14.5 Å². The summed E-state index contributed by atoms with van der Waals surface area (Å²) < 4.78 is 0. The molecule has 0 unspecified atom stereocenters. The van der Waals surface area contributed by atoms with Crippen molar-refractivity contribution in [2.24, 2.45) is 5.92 Å². The van der Waals surface area contributed by atoms with Gasteiger partial charge in [-0.2, -0.15) is 0 Å². The molecule has 2 heterocycles. The predicted octanol–water partition coefficient (Wildman–Crippen LogP) is 3.93. The number of piperazine rings is 1. The molecule has 6 nitrogen and oxygen atoms in total. The van der Waals surface area contributed by atoms with Crippen LogP contribution in [0.4, 0.5) is 5.69 Å². The Balaban J connectivity index is 1.31. The normalized spacial score (nSPS) is 18.4. The molecule has 7 heteroatoms. The van der Waals surface area contributed by atoms with Gasteiger partial charge in [0.2, 0.25) is 5.91 Å². The first-order valence-corrected chi connectivity index (χ1v) is 11.8. The standard InChI is InChI=1S/C23H30N4O2S/c1-17-24-21(16-30-17)15-26-10-12-27(13-11-26)23(29)19-8-5-9-20(14-19)25-22(28)18-6-3-2-4-7-18/h5,8-9,14,16,18H,2-4,6-7,10-13,15H2,1H3,(H,25,28). The first kappa shape index (κ1) is 21.0. The largest absolute Gasteiger partial charge is 0.336 e. The zero-order valence-corrected chi connectivity index (χ0v) is 18.4. The number of aromatic nitrogens is 1. The lowest BCUT2D eigenvalue weighted by atomic mass is 9.88. The van der Waals surface area contributed by atoms with Gasteiger partial charge in [-0.05, 0) is 38.0 Å². The molecule has 1 aromatic heterocycles. The second-order valence-corrected chi connectivity index (χ2v) is 9.39. The Hall–Kier alpha value is -2.25. The summed E-state index contributed by atoms with van der Waals surface area (Å²) in [5.41, 5.74) is 2.47. The van der Waals surface area contributed by atoms with Crippen molar-refractivity contribution >= 4 is 28.8 Å². The molecule has 1 N–H and O–H groups in total. The number of anilines is 1. The maximum atomic E-state index is 13.0. The summed E-state index contributed by atoms with van der Waals surface area (Å²) in [5.74, 6) is 0.228. The van der Waals surface area contributed by atoms with Crippen LogP contribution in [0.3, 0.4) is 0 Å². The smallest absolute Gasteiger partial charge is 0.254 e. The number of nitrogens with zero attached hydrogens (tertiary/aromatic N) is 3. The highest BCUT2D eigenvalue weighted by molar-refractivity contribution is 7.09. The van der Waals surface area contributed by atoms with E-state index in [1.807, 2.05) is 36.1 Å². The zero-order chi connectivity index (χ0) is 20.9. The monoisotopic (exact) mass is 426 g/mol. The third-order valence-corrected chi connectivity index (χ3v) is 6.89. The Bertz CT molecular complexity index is 883. The third-order valence-electron chi connectivity index (χ3n) is 6.06. The fourth-order valence-corrected chi connectivity index (χ4v) is 4.94. The van der Waals surface area contributed by atoms with Crippen LogP contribution in [0, 0.1) is 12.8 Å². The number of rotatable bonds is 5. The molecule has 1 saturated heterocycles. The lowest BCUT2D eigenvalue weighted by Gasteiger charge is -2.34. The molecule has 1 saturated carbocycles. The molecule has 2 fully saturated rings. The molecule has 1 aliphatic heterocycles. The van der Waals surface area contributed by atoms with Crippen molar-refractivity contribution < 1.29 is 9.59 Å². The zero-order valence-electron chi connectivity index (χ0n) is 17.6. The van der Waals surface area contributed by atoms with Gasteiger partial charge in [0, 0.05) is 55.3 Å². The molecule has 2 amide bonds. The van der Waals surface area contributed by atoms with Crippen LogP contribution < -0.4 is 5.32 Å². The van der Waals surface area contributed by atoms with Crippen LogP contribution in [0.15, 0.2) is 29.6 Å². The maximum absolute atomic E-state index is 13.0. The number of nitrogens with one attached hydrogen (secondary N) is 1. The van der Waals surface area contributed by atoms with Gasteiger partial charge in [-0.15, -0.1) is 11.3 Å². The Morgan fingerprint density at radius 1 is 1.13 bits per heavy atom. The number of carbonyl (C=O) groups is 2. The molecule has 0 bridgehead atoms. The molecule has 30 heavy (non-hydrogen) atoms.